The van der Waals surface area contributed by atoms with Gasteiger partial charge in [-0.15, -0.1) is 0 Å². The molecule has 0 amide bonds. The van der Waals surface area contributed by atoms with Crippen LogP contribution < -0.4 is 9.47 Å². The first kappa shape index (κ1) is 13.5. The van der Waals surface area contributed by atoms with Gasteiger partial charge in [0, 0.05) is 0 Å². The second kappa shape index (κ2) is 5.84. The molecule has 0 saturated heterocycles. The summed E-state index contributed by atoms with van der Waals surface area (Å²) in [7, 11) is 1.51. The highest BCUT2D eigenvalue weighted by Gasteiger charge is 2.12. The van der Waals surface area contributed by atoms with Gasteiger partial charge in [-0.1, -0.05) is 6.07 Å². The van der Waals surface area contributed by atoms with E-state index in [1.165, 1.54) is 25.3 Å². The summed E-state index contributed by atoms with van der Waals surface area (Å²) in [6.45, 7) is 0. The maximum atomic E-state index is 12.9. The maximum Gasteiger partial charge on any atom is 0.343 e. The minimum atomic E-state index is -0.536. The molecule has 0 atom stereocenters. The molecule has 0 radical (unpaired) electrons. The number of rotatable bonds is 3. The van der Waals surface area contributed by atoms with Crippen molar-refractivity contribution in [3.05, 3.63) is 58.3 Å². The van der Waals surface area contributed by atoms with Crippen LogP contribution >= 0.6 is 15.9 Å². The first-order valence-corrected chi connectivity index (χ1v) is 6.21. The highest BCUT2D eigenvalue weighted by Crippen LogP contribution is 2.26. The average molecular weight is 325 g/mol. The fourth-order valence-electron chi connectivity index (χ4n) is 1.47. The molecule has 19 heavy (non-hydrogen) atoms. The van der Waals surface area contributed by atoms with Gasteiger partial charge >= 0.3 is 5.97 Å². The van der Waals surface area contributed by atoms with Crippen molar-refractivity contribution >= 4 is 21.9 Å². The van der Waals surface area contributed by atoms with E-state index in [4.69, 9.17) is 9.47 Å². The van der Waals surface area contributed by atoms with Crippen LogP contribution in [0.15, 0.2) is 46.9 Å². The zero-order valence-electron chi connectivity index (χ0n) is 10.0. The van der Waals surface area contributed by atoms with Gasteiger partial charge in [-0.2, -0.15) is 0 Å². The van der Waals surface area contributed by atoms with Gasteiger partial charge < -0.3 is 9.47 Å². The zero-order valence-corrected chi connectivity index (χ0v) is 11.6. The number of benzene rings is 2. The van der Waals surface area contributed by atoms with E-state index in [1.54, 1.807) is 24.3 Å². The first-order valence-electron chi connectivity index (χ1n) is 5.41. The Balaban J connectivity index is 2.20. The predicted octanol–water partition coefficient (Wildman–Crippen LogP) is 3.82. The lowest BCUT2D eigenvalue weighted by atomic mass is 10.2. The number of hydrogen-bond acceptors (Lipinski definition) is 3. The van der Waals surface area contributed by atoms with Crippen LogP contribution in [0.4, 0.5) is 4.39 Å². The van der Waals surface area contributed by atoms with Crippen molar-refractivity contribution in [2.75, 3.05) is 7.11 Å². The van der Waals surface area contributed by atoms with E-state index >= 15 is 0 Å². The molecule has 0 fully saturated rings. The summed E-state index contributed by atoms with van der Waals surface area (Å²) in [6.07, 6.45) is 0. The summed E-state index contributed by atoms with van der Waals surface area (Å²) in [6, 6.07) is 10.4. The normalized spacial score (nSPS) is 10.1. The average Bonchev–Trinajstić information content (AvgIpc) is 2.42. The minimum Gasteiger partial charge on any atom is -0.497 e. The van der Waals surface area contributed by atoms with Gasteiger partial charge in [-0.25, -0.2) is 9.18 Å². The molecule has 0 aromatic heterocycles. The van der Waals surface area contributed by atoms with Crippen molar-refractivity contribution in [1.29, 1.82) is 0 Å². The van der Waals surface area contributed by atoms with E-state index < -0.39 is 11.8 Å². The molecule has 5 heteroatoms. The summed E-state index contributed by atoms with van der Waals surface area (Å²) in [5.74, 6) is -0.124. The van der Waals surface area contributed by atoms with Gasteiger partial charge in [0.25, 0.3) is 0 Å². The molecular weight excluding hydrogens is 315 g/mol. The van der Waals surface area contributed by atoms with E-state index in [0.29, 0.717) is 15.8 Å². The number of carbonyl (C=O) groups excluding carboxylic acids is 1. The van der Waals surface area contributed by atoms with Crippen LogP contribution in [-0.4, -0.2) is 13.1 Å². The molecular formula is C14H10BrFO3. The van der Waals surface area contributed by atoms with Crippen LogP contribution in [0.2, 0.25) is 0 Å². The lowest BCUT2D eigenvalue weighted by molar-refractivity contribution is 0.0733. The van der Waals surface area contributed by atoms with Crippen molar-refractivity contribution in [3.63, 3.8) is 0 Å². The summed E-state index contributed by atoms with van der Waals surface area (Å²) >= 11 is 3.13. The molecule has 0 bridgehead atoms. The van der Waals surface area contributed by atoms with Crippen molar-refractivity contribution in [3.8, 4) is 11.5 Å². The van der Waals surface area contributed by atoms with Crippen molar-refractivity contribution in [1.82, 2.24) is 0 Å². The number of hydrogen-bond donors (Lipinski definition) is 0. The van der Waals surface area contributed by atoms with Crippen LogP contribution in [0, 0.1) is 5.82 Å². The van der Waals surface area contributed by atoms with E-state index in [1.807, 2.05) is 0 Å². The van der Waals surface area contributed by atoms with Gasteiger partial charge in [0.2, 0.25) is 0 Å². The van der Waals surface area contributed by atoms with Crippen LogP contribution in [-0.2, 0) is 0 Å². The van der Waals surface area contributed by atoms with Crippen LogP contribution in [0.1, 0.15) is 10.4 Å². The number of carbonyl (C=O) groups is 1. The van der Waals surface area contributed by atoms with Crippen molar-refractivity contribution in [2.24, 2.45) is 0 Å². The van der Waals surface area contributed by atoms with E-state index in [0.717, 1.165) is 0 Å². The SMILES string of the molecule is COc1cccc(C(=O)Oc2ccc(F)cc2Br)c1. The fourth-order valence-corrected chi connectivity index (χ4v) is 1.90. The third-order valence-electron chi connectivity index (χ3n) is 2.40. The standard InChI is InChI=1S/C14H10BrFO3/c1-18-11-4-2-3-9(7-11)14(17)19-13-6-5-10(16)8-12(13)15/h2-8H,1H3. The molecule has 0 heterocycles. The molecule has 0 N–H and O–H groups in total. The number of methoxy groups -OCH3 is 1. The summed E-state index contributed by atoms with van der Waals surface area (Å²) in [4.78, 5) is 11.9. The molecule has 3 nitrogen and oxygen atoms in total. The molecule has 2 rings (SSSR count). The number of halogens is 2. The Bertz CT molecular complexity index is 613. The topological polar surface area (TPSA) is 35.5 Å². The molecule has 2 aromatic carbocycles. The van der Waals surface area contributed by atoms with Crippen LogP contribution in [0.3, 0.4) is 0 Å². The van der Waals surface area contributed by atoms with Gasteiger partial charge in [-0.3, -0.25) is 0 Å². The van der Waals surface area contributed by atoms with E-state index in [9.17, 15) is 9.18 Å². The Hall–Kier alpha value is -1.88. The molecule has 0 aliphatic rings. The third-order valence-corrected chi connectivity index (χ3v) is 3.02. The quantitative estimate of drug-likeness (QED) is 0.636. The number of ether oxygens (including phenoxy) is 2. The molecule has 2 aromatic rings. The van der Waals surface area contributed by atoms with Crippen LogP contribution in [0.25, 0.3) is 0 Å². The Morgan fingerprint density at radius 1 is 1.21 bits per heavy atom. The summed E-state index contributed by atoms with van der Waals surface area (Å²) in [5, 5.41) is 0. The summed E-state index contributed by atoms with van der Waals surface area (Å²) in [5.41, 5.74) is 0.357. The van der Waals surface area contributed by atoms with Crippen molar-refractivity contribution in [2.45, 2.75) is 0 Å². The molecule has 98 valence electrons. The molecule has 0 saturated carbocycles. The maximum absolute atomic E-state index is 12.9. The molecule has 0 aliphatic heterocycles. The Morgan fingerprint density at radius 3 is 2.68 bits per heavy atom. The van der Waals surface area contributed by atoms with Gasteiger partial charge in [0.1, 0.15) is 17.3 Å². The predicted molar refractivity (Wildman–Crippen MR) is 72.1 cm³/mol. The highest BCUT2D eigenvalue weighted by molar-refractivity contribution is 9.10. The molecule has 0 spiro atoms. The molecule has 0 unspecified atom stereocenters. The summed E-state index contributed by atoms with van der Waals surface area (Å²) < 4.78 is 23.5. The lowest BCUT2D eigenvalue weighted by Gasteiger charge is -2.07. The lowest BCUT2D eigenvalue weighted by Crippen LogP contribution is -2.09. The first-order chi connectivity index (χ1) is 9.10. The van der Waals surface area contributed by atoms with Crippen molar-refractivity contribution < 1.29 is 18.7 Å². The van der Waals surface area contributed by atoms with Gasteiger partial charge in [-0.05, 0) is 52.3 Å². The number of esters is 1. The van der Waals surface area contributed by atoms with E-state index in [2.05, 4.69) is 15.9 Å². The second-order valence-electron chi connectivity index (χ2n) is 3.70. The Morgan fingerprint density at radius 2 is 2.00 bits per heavy atom. The monoisotopic (exact) mass is 324 g/mol. The fraction of sp³-hybridized carbons (Fsp3) is 0.0714. The van der Waals surface area contributed by atoms with Gasteiger partial charge in [0.15, 0.2) is 0 Å². The minimum absolute atomic E-state index is 0.259. The third kappa shape index (κ3) is 3.32. The smallest absolute Gasteiger partial charge is 0.343 e. The van der Waals surface area contributed by atoms with E-state index in [-0.39, 0.29) is 5.75 Å². The molecule has 0 aliphatic carbocycles. The Labute approximate surface area is 118 Å². The van der Waals surface area contributed by atoms with Crippen LogP contribution in [0.5, 0.6) is 11.5 Å². The Kier molecular flexibility index (Phi) is 4.16. The highest BCUT2D eigenvalue weighted by atomic mass is 79.9. The zero-order chi connectivity index (χ0) is 13.8. The second-order valence-corrected chi connectivity index (χ2v) is 4.55. The largest absolute Gasteiger partial charge is 0.497 e. The van der Waals surface area contributed by atoms with Gasteiger partial charge in [0.05, 0.1) is 17.1 Å².